The van der Waals surface area contributed by atoms with E-state index < -0.39 is 11.9 Å². The molecule has 0 heterocycles. The molecule has 0 radical (unpaired) electrons. The SMILES string of the molecule is CC[N+](CC)(CC)CC.O=C(O)CCCCC(=O)O. The monoisotopic (exact) mass is 276 g/mol. The molecule has 0 aliphatic heterocycles. The number of rotatable bonds is 9. The van der Waals surface area contributed by atoms with Crippen molar-refractivity contribution in [1.82, 2.24) is 0 Å². The largest absolute Gasteiger partial charge is 0.481 e. The van der Waals surface area contributed by atoms with Crippen LogP contribution < -0.4 is 0 Å². The van der Waals surface area contributed by atoms with Crippen molar-refractivity contribution in [2.75, 3.05) is 26.2 Å². The van der Waals surface area contributed by atoms with Crippen LogP contribution in [-0.2, 0) is 9.59 Å². The highest BCUT2D eigenvalue weighted by Crippen LogP contribution is 2.03. The number of unbranched alkanes of at least 4 members (excludes halogenated alkanes) is 1. The molecular weight excluding hydrogens is 246 g/mol. The van der Waals surface area contributed by atoms with Gasteiger partial charge < -0.3 is 14.7 Å². The molecule has 5 nitrogen and oxygen atoms in total. The van der Waals surface area contributed by atoms with Gasteiger partial charge in [0, 0.05) is 12.8 Å². The third-order valence-electron chi connectivity index (χ3n) is 3.71. The van der Waals surface area contributed by atoms with Crippen LogP contribution in [0.5, 0.6) is 0 Å². The third kappa shape index (κ3) is 11.7. The predicted molar refractivity (Wildman–Crippen MR) is 76.2 cm³/mol. The second-order valence-electron chi connectivity index (χ2n) is 4.60. The fourth-order valence-corrected chi connectivity index (χ4v) is 1.89. The smallest absolute Gasteiger partial charge is 0.303 e. The average molecular weight is 276 g/mol. The van der Waals surface area contributed by atoms with Crippen molar-refractivity contribution in [3.8, 4) is 0 Å². The van der Waals surface area contributed by atoms with Gasteiger partial charge in [0.15, 0.2) is 0 Å². The van der Waals surface area contributed by atoms with Gasteiger partial charge in [0.1, 0.15) is 0 Å². The maximum Gasteiger partial charge on any atom is 0.303 e. The molecule has 0 aliphatic rings. The Bertz CT molecular complexity index is 216. The molecule has 0 bridgehead atoms. The molecule has 0 amide bonds. The fourth-order valence-electron chi connectivity index (χ4n) is 1.89. The highest BCUT2D eigenvalue weighted by molar-refractivity contribution is 5.67. The summed E-state index contributed by atoms with van der Waals surface area (Å²) in [4.78, 5) is 19.8. The van der Waals surface area contributed by atoms with E-state index in [4.69, 9.17) is 10.2 Å². The molecule has 0 aromatic carbocycles. The Kier molecular flexibility index (Phi) is 12.7. The van der Waals surface area contributed by atoms with E-state index in [1.54, 1.807) is 0 Å². The molecule has 19 heavy (non-hydrogen) atoms. The number of carboxylic acids is 2. The van der Waals surface area contributed by atoms with Crippen LogP contribution in [0.15, 0.2) is 0 Å². The number of hydrogen-bond acceptors (Lipinski definition) is 2. The number of hydrogen-bond donors (Lipinski definition) is 2. The van der Waals surface area contributed by atoms with E-state index in [1.807, 2.05) is 0 Å². The molecule has 0 fully saturated rings. The topological polar surface area (TPSA) is 74.6 Å². The van der Waals surface area contributed by atoms with Crippen LogP contribution in [0, 0.1) is 0 Å². The summed E-state index contributed by atoms with van der Waals surface area (Å²) in [6.07, 6.45) is 1.02. The van der Waals surface area contributed by atoms with E-state index in [1.165, 1.54) is 30.7 Å². The minimum atomic E-state index is -0.870. The van der Waals surface area contributed by atoms with Gasteiger partial charge in [-0.25, -0.2) is 0 Å². The lowest BCUT2D eigenvalue weighted by Gasteiger charge is -2.34. The van der Waals surface area contributed by atoms with Gasteiger partial charge in [0.2, 0.25) is 0 Å². The highest BCUT2D eigenvalue weighted by atomic mass is 16.4. The van der Waals surface area contributed by atoms with Crippen molar-refractivity contribution in [3.05, 3.63) is 0 Å². The summed E-state index contributed by atoms with van der Waals surface area (Å²) < 4.78 is 1.28. The normalized spacial score (nSPS) is 10.5. The maximum absolute atomic E-state index is 9.90. The van der Waals surface area contributed by atoms with Crippen LogP contribution in [0.25, 0.3) is 0 Å². The predicted octanol–water partition coefficient (Wildman–Crippen LogP) is 2.60. The first-order chi connectivity index (χ1) is 8.87. The lowest BCUT2D eigenvalue weighted by atomic mass is 10.2. The van der Waals surface area contributed by atoms with Crippen LogP contribution in [0.3, 0.4) is 0 Å². The molecule has 0 saturated heterocycles. The second kappa shape index (κ2) is 12.0. The molecule has 0 rings (SSSR count). The molecule has 114 valence electrons. The third-order valence-corrected chi connectivity index (χ3v) is 3.71. The van der Waals surface area contributed by atoms with Crippen molar-refractivity contribution in [1.29, 1.82) is 0 Å². The van der Waals surface area contributed by atoms with Gasteiger partial charge >= 0.3 is 11.9 Å². The average Bonchev–Trinajstić information content (AvgIpc) is 2.38. The molecule has 0 unspecified atom stereocenters. The Morgan fingerprint density at radius 1 is 0.737 bits per heavy atom. The summed E-state index contributed by atoms with van der Waals surface area (Å²) in [6.45, 7) is 14.2. The summed E-state index contributed by atoms with van der Waals surface area (Å²) in [7, 11) is 0. The Morgan fingerprint density at radius 3 is 1.11 bits per heavy atom. The zero-order chi connectivity index (χ0) is 15.3. The molecule has 0 spiro atoms. The quantitative estimate of drug-likeness (QED) is 0.501. The standard InChI is InChI=1S/C8H20N.C6H10O4/c1-5-9(6-2,7-3)8-4;7-5(8)3-1-2-4-6(9)10/h5-8H2,1-4H3;1-4H2,(H,7,8)(H,9,10)/q+1;. The fraction of sp³-hybridized carbons (Fsp3) is 0.857. The van der Waals surface area contributed by atoms with Gasteiger partial charge in [0.25, 0.3) is 0 Å². The van der Waals surface area contributed by atoms with Crippen molar-refractivity contribution < 1.29 is 24.3 Å². The van der Waals surface area contributed by atoms with Crippen molar-refractivity contribution in [2.45, 2.75) is 53.4 Å². The van der Waals surface area contributed by atoms with Crippen molar-refractivity contribution in [3.63, 3.8) is 0 Å². The maximum atomic E-state index is 9.90. The number of carbonyl (C=O) groups is 2. The Morgan fingerprint density at radius 2 is 1.00 bits per heavy atom. The number of nitrogens with zero attached hydrogens (tertiary/aromatic N) is 1. The lowest BCUT2D eigenvalue weighted by molar-refractivity contribution is -0.921. The number of carboxylic acid groups (broad SMARTS) is 2. The first-order valence-electron chi connectivity index (χ1n) is 7.16. The van der Waals surface area contributed by atoms with Crippen LogP contribution in [0.2, 0.25) is 0 Å². The summed E-state index contributed by atoms with van der Waals surface area (Å²) in [5, 5.41) is 16.3. The van der Waals surface area contributed by atoms with Crippen LogP contribution in [-0.4, -0.2) is 52.8 Å². The molecule has 0 aromatic rings. The van der Waals surface area contributed by atoms with Crippen molar-refractivity contribution >= 4 is 11.9 Å². The van der Waals surface area contributed by atoms with Gasteiger partial charge in [-0.05, 0) is 40.5 Å². The Labute approximate surface area is 116 Å². The van der Waals surface area contributed by atoms with Crippen LogP contribution in [0.1, 0.15) is 53.4 Å². The lowest BCUT2D eigenvalue weighted by Crippen LogP contribution is -2.47. The Hall–Kier alpha value is -1.10. The molecule has 5 heteroatoms. The van der Waals surface area contributed by atoms with Crippen LogP contribution in [0.4, 0.5) is 0 Å². The van der Waals surface area contributed by atoms with E-state index in [9.17, 15) is 9.59 Å². The van der Waals surface area contributed by atoms with E-state index in [-0.39, 0.29) is 12.8 Å². The van der Waals surface area contributed by atoms with Gasteiger partial charge in [-0.1, -0.05) is 0 Å². The molecule has 0 saturated carbocycles. The molecular formula is C14H30NO4+. The minimum absolute atomic E-state index is 0.0628. The summed E-state index contributed by atoms with van der Waals surface area (Å²) in [5.74, 6) is -1.74. The molecule has 2 N–H and O–H groups in total. The van der Waals surface area contributed by atoms with Gasteiger partial charge in [-0.2, -0.15) is 0 Å². The van der Waals surface area contributed by atoms with E-state index in [2.05, 4.69) is 27.7 Å². The first-order valence-corrected chi connectivity index (χ1v) is 7.16. The van der Waals surface area contributed by atoms with Gasteiger partial charge in [-0.15, -0.1) is 0 Å². The number of aliphatic carboxylic acids is 2. The van der Waals surface area contributed by atoms with Crippen LogP contribution >= 0.6 is 0 Å². The second-order valence-corrected chi connectivity index (χ2v) is 4.60. The van der Waals surface area contributed by atoms with Crippen molar-refractivity contribution in [2.24, 2.45) is 0 Å². The molecule has 0 aromatic heterocycles. The molecule has 0 atom stereocenters. The first kappa shape index (κ1) is 20.2. The number of quaternary nitrogens is 1. The van der Waals surface area contributed by atoms with E-state index in [0.29, 0.717) is 12.8 Å². The Balaban J connectivity index is 0. The van der Waals surface area contributed by atoms with E-state index in [0.717, 1.165) is 0 Å². The zero-order valence-electron chi connectivity index (χ0n) is 12.8. The molecule has 0 aliphatic carbocycles. The van der Waals surface area contributed by atoms with E-state index >= 15 is 0 Å². The zero-order valence-corrected chi connectivity index (χ0v) is 12.8. The van der Waals surface area contributed by atoms with Gasteiger partial charge in [-0.3, -0.25) is 9.59 Å². The summed E-state index contributed by atoms with van der Waals surface area (Å²) in [5.41, 5.74) is 0. The summed E-state index contributed by atoms with van der Waals surface area (Å²) >= 11 is 0. The highest BCUT2D eigenvalue weighted by Gasteiger charge is 2.16. The van der Waals surface area contributed by atoms with Gasteiger partial charge in [0.05, 0.1) is 26.2 Å². The minimum Gasteiger partial charge on any atom is -0.481 e. The summed E-state index contributed by atoms with van der Waals surface area (Å²) in [6, 6.07) is 0.